The molecule has 5 heteroatoms. The Morgan fingerprint density at radius 3 is 2.75 bits per heavy atom. The minimum Gasteiger partial charge on any atom is -0.495 e. The number of ether oxygens (including phenoxy) is 1. The van der Waals surface area contributed by atoms with Gasteiger partial charge < -0.3 is 4.74 Å². The highest BCUT2D eigenvalue weighted by molar-refractivity contribution is 7.13. The van der Waals surface area contributed by atoms with E-state index in [0.29, 0.717) is 10.8 Å². The Morgan fingerprint density at radius 2 is 2.05 bits per heavy atom. The highest BCUT2D eigenvalue weighted by atomic mass is 35.5. The molecule has 0 aliphatic heterocycles. The lowest BCUT2D eigenvalue weighted by molar-refractivity contribution is 0.415. The number of hydrogen-bond acceptors (Lipinski definition) is 4. The van der Waals surface area contributed by atoms with Crippen LogP contribution in [-0.4, -0.2) is 17.1 Å². The van der Waals surface area contributed by atoms with Crippen LogP contribution in [-0.2, 0) is 0 Å². The van der Waals surface area contributed by atoms with Crippen molar-refractivity contribution < 1.29 is 4.74 Å². The smallest absolute Gasteiger partial charge is 0.142 e. The quantitative estimate of drug-likeness (QED) is 0.713. The lowest BCUT2D eigenvalue weighted by Crippen LogP contribution is -1.85. The monoisotopic (exact) mass is 302 g/mol. The van der Waals surface area contributed by atoms with Crippen LogP contribution in [0.3, 0.4) is 0 Å². The van der Waals surface area contributed by atoms with Crippen LogP contribution in [0.15, 0.2) is 48.0 Å². The van der Waals surface area contributed by atoms with Crippen LogP contribution in [0.4, 0.5) is 0 Å². The van der Waals surface area contributed by atoms with Gasteiger partial charge in [-0.05, 0) is 30.3 Å². The number of benzene rings is 1. The van der Waals surface area contributed by atoms with Gasteiger partial charge in [0.15, 0.2) is 0 Å². The maximum Gasteiger partial charge on any atom is 0.142 e. The topological polar surface area (TPSA) is 35.0 Å². The van der Waals surface area contributed by atoms with Crippen LogP contribution < -0.4 is 4.74 Å². The molecule has 20 heavy (non-hydrogen) atoms. The first-order valence-corrected chi connectivity index (χ1v) is 7.24. The van der Waals surface area contributed by atoms with Crippen LogP contribution >= 0.6 is 22.9 Å². The number of rotatable bonds is 3. The molecule has 0 spiro atoms. The highest BCUT2D eigenvalue weighted by Crippen LogP contribution is 2.32. The van der Waals surface area contributed by atoms with Gasteiger partial charge in [-0.25, -0.2) is 4.98 Å². The average Bonchev–Trinajstić information content (AvgIpc) is 2.98. The zero-order chi connectivity index (χ0) is 13.9. The average molecular weight is 303 g/mol. The molecule has 0 aliphatic carbocycles. The van der Waals surface area contributed by atoms with Gasteiger partial charge in [-0.2, -0.15) is 0 Å². The van der Waals surface area contributed by atoms with Crippen molar-refractivity contribution in [2.24, 2.45) is 0 Å². The van der Waals surface area contributed by atoms with Gasteiger partial charge in [-0.1, -0.05) is 17.7 Å². The molecule has 0 bridgehead atoms. The predicted octanol–water partition coefficient (Wildman–Crippen LogP) is 4.53. The standard InChI is InChI=1S/C15H11ClN2OS/c1-19-14-6-5-10(8-11(14)16)13-9-20-15(18-13)12-4-2-3-7-17-12/h2-9H,1H3. The zero-order valence-corrected chi connectivity index (χ0v) is 12.3. The van der Waals surface area contributed by atoms with Crippen LogP contribution in [0.1, 0.15) is 0 Å². The van der Waals surface area contributed by atoms with Crippen LogP contribution in [0.25, 0.3) is 22.0 Å². The maximum absolute atomic E-state index is 6.14. The number of halogens is 1. The second-order valence-electron chi connectivity index (χ2n) is 4.10. The molecule has 0 atom stereocenters. The summed E-state index contributed by atoms with van der Waals surface area (Å²) in [6, 6.07) is 11.4. The van der Waals surface area contributed by atoms with E-state index in [0.717, 1.165) is 22.0 Å². The SMILES string of the molecule is COc1ccc(-c2csc(-c3ccccn3)n2)cc1Cl. The second-order valence-corrected chi connectivity index (χ2v) is 5.37. The Kier molecular flexibility index (Phi) is 3.67. The van der Waals surface area contributed by atoms with Crippen molar-refractivity contribution >= 4 is 22.9 Å². The van der Waals surface area contributed by atoms with Crippen molar-refractivity contribution in [1.82, 2.24) is 9.97 Å². The van der Waals surface area contributed by atoms with E-state index in [-0.39, 0.29) is 0 Å². The summed E-state index contributed by atoms with van der Waals surface area (Å²) < 4.78 is 5.15. The molecule has 0 radical (unpaired) electrons. The first-order valence-electron chi connectivity index (χ1n) is 5.99. The summed E-state index contributed by atoms with van der Waals surface area (Å²) in [6.45, 7) is 0. The number of pyridine rings is 1. The van der Waals surface area contributed by atoms with Crippen molar-refractivity contribution in [1.29, 1.82) is 0 Å². The van der Waals surface area contributed by atoms with Crippen molar-refractivity contribution in [3.8, 4) is 27.7 Å². The number of methoxy groups -OCH3 is 1. The molecule has 1 aromatic carbocycles. The molecule has 0 fully saturated rings. The third kappa shape index (κ3) is 2.53. The van der Waals surface area contributed by atoms with Gasteiger partial charge in [-0.3, -0.25) is 4.98 Å². The molecule has 0 saturated heterocycles. The molecule has 2 heterocycles. The zero-order valence-electron chi connectivity index (χ0n) is 10.7. The van der Waals surface area contributed by atoms with E-state index >= 15 is 0 Å². The van der Waals surface area contributed by atoms with Gasteiger partial charge in [0, 0.05) is 17.1 Å². The summed E-state index contributed by atoms with van der Waals surface area (Å²) >= 11 is 7.71. The molecule has 0 N–H and O–H groups in total. The van der Waals surface area contributed by atoms with E-state index in [1.165, 1.54) is 0 Å². The Hall–Kier alpha value is -1.91. The fourth-order valence-electron chi connectivity index (χ4n) is 1.84. The molecule has 3 rings (SSSR count). The lowest BCUT2D eigenvalue weighted by Gasteiger charge is -2.04. The Bertz CT molecular complexity index is 728. The van der Waals surface area contributed by atoms with Gasteiger partial charge in [0.05, 0.1) is 23.5 Å². The van der Waals surface area contributed by atoms with E-state index in [1.54, 1.807) is 24.6 Å². The summed E-state index contributed by atoms with van der Waals surface area (Å²) in [4.78, 5) is 8.91. The van der Waals surface area contributed by atoms with Gasteiger partial charge in [-0.15, -0.1) is 11.3 Å². The first-order chi connectivity index (χ1) is 9.78. The van der Waals surface area contributed by atoms with Crippen molar-refractivity contribution in [2.75, 3.05) is 7.11 Å². The fraction of sp³-hybridized carbons (Fsp3) is 0.0667. The first kappa shape index (κ1) is 13.1. The number of aromatic nitrogens is 2. The predicted molar refractivity (Wildman–Crippen MR) is 82.3 cm³/mol. The highest BCUT2D eigenvalue weighted by Gasteiger charge is 2.09. The summed E-state index contributed by atoms with van der Waals surface area (Å²) in [7, 11) is 1.60. The lowest BCUT2D eigenvalue weighted by atomic mass is 10.2. The van der Waals surface area contributed by atoms with Gasteiger partial charge >= 0.3 is 0 Å². The van der Waals surface area contributed by atoms with Crippen LogP contribution in [0.2, 0.25) is 5.02 Å². The van der Waals surface area contributed by atoms with E-state index in [4.69, 9.17) is 16.3 Å². The van der Waals surface area contributed by atoms with Crippen molar-refractivity contribution in [3.63, 3.8) is 0 Å². The number of nitrogens with zero attached hydrogens (tertiary/aromatic N) is 2. The second kappa shape index (κ2) is 5.61. The molecule has 3 aromatic rings. The fourth-order valence-corrected chi connectivity index (χ4v) is 2.90. The molecule has 0 unspecified atom stereocenters. The summed E-state index contributed by atoms with van der Waals surface area (Å²) in [5.74, 6) is 0.663. The van der Waals surface area contributed by atoms with E-state index < -0.39 is 0 Å². The van der Waals surface area contributed by atoms with E-state index in [1.807, 2.05) is 41.8 Å². The maximum atomic E-state index is 6.14. The Morgan fingerprint density at radius 1 is 1.15 bits per heavy atom. The van der Waals surface area contributed by atoms with Crippen molar-refractivity contribution in [2.45, 2.75) is 0 Å². The summed E-state index contributed by atoms with van der Waals surface area (Å²) in [5.41, 5.74) is 2.73. The number of thiazole rings is 1. The number of hydrogen-bond donors (Lipinski definition) is 0. The van der Waals surface area contributed by atoms with E-state index in [2.05, 4.69) is 9.97 Å². The molecule has 0 amide bonds. The molecule has 0 saturated carbocycles. The summed E-state index contributed by atoms with van der Waals surface area (Å²) in [5, 5.41) is 3.48. The largest absolute Gasteiger partial charge is 0.495 e. The molecular weight excluding hydrogens is 292 g/mol. The molecule has 100 valence electrons. The third-order valence-corrected chi connectivity index (χ3v) is 4.00. The normalized spacial score (nSPS) is 10.5. The van der Waals surface area contributed by atoms with Crippen molar-refractivity contribution in [3.05, 3.63) is 53.0 Å². The minimum atomic E-state index is 0.581. The molecular formula is C15H11ClN2OS. The third-order valence-electron chi connectivity index (χ3n) is 2.84. The van der Waals surface area contributed by atoms with Gasteiger partial charge in [0.25, 0.3) is 0 Å². The molecule has 3 nitrogen and oxygen atoms in total. The molecule has 2 aromatic heterocycles. The van der Waals surface area contributed by atoms with Crippen LogP contribution in [0, 0.1) is 0 Å². The van der Waals surface area contributed by atoms with Crippen LogP contribution in [0.5, 0.6) is 5.75 Å². The molecule has 0 aliphatic rings. The van der Waals surface area contributed by atoms with Gasteiger partial charge in [0.2, 0.25) is 0 Å². The Labute approximate surface area is 125 Å². The van der Waals surface area contributed by atoms with E-state index in [9.17, 15) is 0 Å². The summed E-state index contributed by atoms with van der Waals surface area (Å²) in [6.07, 6.45) is 1.76. The Balaban J connectivity index is 1.96. The van der Waals surface area contributed by atoms with Gasteiger partial charge in [0.1, 0.15) is 10.8 Å². The minimum absolute atomic E-state index is 0.581.